The summed E-state index contributed by atoms with van der Waals surface area (Å²) in [4.78, 5) is 24.3. The molecule has 132 valence electrons. The van der Waals surface area contributed by atoms with Gasteiger partial charge in [-0.05, 0) is 30.2 Å². The Morgan fingerprint density at radius 2 is 1.58 bits per heavy atom. The summed E-state index contributed by atoms with van der Waals surface area (Å²) in [5.74, 6) is 0.495. The maximum atomic E-state index is 12.3. The maximum absolute atomic E-state index is 12.3. The van der Waals surface area contributed by atoms with Crippen LogP contribution in [0, 0.1) is 0 Å². The highest BCUT2D eigenvalue weighted by molar-refractivity contribution is 5.98. The van der Waals surface area contributed by atoms with Crippen molar-refractivity contribution in [1.82, 2.24) is 5.32 Å². The van der Waals surface area contributed by atoms with Crippen molar-refractivity contribution in [2.75, 3.05) is 0 Å². The summed E-state index contributed by atoms with van der Waals surface area (Å²) in [6.45, 7) is 1.85. The first kappa shape index (κ1) is 17.7. The lowest BCUT2D eigenvalue weighted by molar-refractivity contribution is -0.121. The number of Topliss-reactive ketones (excluding diaryl/α,β-unsaturated/α-hetero) is 1. The van der Waals surface area contributed by atoms with E-state index in [4.69, 9.17) is 4.42 Å². The van der Waals surface area contributed by atoms with Gasteiger partial charge in [-0.15, -0.1) is 0 Å². The minimum Gasteiger partial charge on any atom is -0.467 e. The van der Waals surface area contributed by atoms with Gasteiger partial charge >= 0.3 is 0 Å². The van der Waals surface area contributed by atoms with Crippen molar-refractivity contribution in [2.24, 2.45) is 0 Å². The van der Waals surface area contributed by atoms with Gasteiger partial charge in [0, 0.05) is 18.4 Å². The van der Waals surface area contributed by atoms with E-state index in [9.17, 15) is 9.59 Å². The number of nitrogens with one attached hydrogen (secondary N) is 1. The number of amides is 1. The van der Waals surface area contributed by atoms with Crippen LogP contribution >= 0.6 is 0 Å². The Morgan fingerprint density at radius 3 is 2.23 bits per heavy atom. The Bertz CT molecular complexity index is 852. The Labute approximate surface area is 152 Å². The summed E-state index contributed by atoms with van der Waals surface area (Å²) in [5.41, 5.74) is 2.79. The van der Waals surface area contributed by atoms with E-state index in [0.29, 0.717) is 11.3 Å². The maximum Gasteiger partial charge on any atom is 0.221 e. The molecule has 1 N–H and O–H groups in total. The zero-order chi connectivity index (χ0) is 18.4. The molecule has 0 radical (unpaired) electrons. The van der Waals surface area contributed by atoms with Gasteiger partial charge in [-0.2, -0.15) is 0 Å². The molecule has 3 aromatic rings. The van der Waals surface area contributed by atoms with Crippen LogP contribution in [0.15, 0.2) is 77.4 Å². The number of carbonyl (C=O) groups excluding carboxylic acids is 2. The molecule has 4 heteroatoms. The highest BCUT2D eigenvalue weighted by Gasteiger charge is 2.14. The SMILES string of the molecule is C[C@H](NC(=O)CCC(=O)c1ccc(-c2ccccc2)cc1)c1ccco1. The second-order valence-corrected chi connectivity index (χ2v) is 6.17. The Kier molecular flexibility index (Phi) is 5.64. The van der Waals surface area contributed by atoms with Gasteiger partial charge < -0.3 is 9.73 Å². The number of benzene rings is 2. The molecule has 2 aromatic carbocycles. The summed E-state index contributed by atoms with van der Waals surface area (Å²) in [7, 11) is 0. The number of carbonyl (C=O) groups is 2. The number of ketones is 1. The van der Waals surface area contributed by atoms with Crippen LogP contribution in [0.5, 0.6) is 0 Å². The Hall–Kier alpha value is -3.14. The van der Waals surface area contributed by atoms with Crippen molar-refractivity contribution in [2.45, 2.75) is 25.8 Å². The zero-order valence-corrected chi connectivity index (χ0v) is 14.6. The zero-order valence-electron chi connectivity index (χ0n) is 14.6. The van der Waals surface area contributed by atoms with Gasteiger partial charge in [0.05, 0.1) is 12.3 Å². The van der Waals surface area contributed by atoms with Crippen molar-refractivity contribution in [3.63, 3.8) is 0 Å². The number of furan rings is 1. The van der Waals surface area contributed by atoms with Crippen LogP contribution < -0.4 is 5.32 Å². The molecule has 0 saturated carbocycles. The first-order valence-electron chi connectivity index (χ1n) is 8.65. The van der Waals surface area contributed by atoms with Gasteiger partial charge in [0.15, 0.2) is 5.78 Å². The summed E-state index contributed by atoms with van der Waals surface area (Å²) >= 11 is 0. The predicted octanol–water partition coefficient (Wildman–Crippen LogP) is 4.79. The van der Waals surface area contributed by atoms with E-state index in [1.165, 1.54) is 0 Å². The Morgan fingerprint density at radius 1 is 0.885 bits per heavy atom. The molecule has 0 bridgehead atoms. The van der Waals surface area contributed by atoms with Crippen molar-refractivity contribution in [3.8, 4) is 11.1 Å². The van der Waals surface area contributed by atoms with E-state index >= 15 is 0 Å². The number of hydrogen-bond acceptors (Lipinski definition) is 3. The number of hydrogen-bond donors (Lipinski definition) is 1. The van der Waals surface area contributed by atoms with Crippen molar-refractivity contribution in [1.29, 1.82) is 0 Å². The first-order chi connectivity index (χ1) is 12.6. The molecule has 0 saturated heterocycles. The monoisotopic (exact) mass is 347 g/mol. The fourth-order valence-electron chi connectivity index (χ4n) is 2.77. The van der Waals surface area contributed by atoms with E-state index in [-0.39, 0.29) is 30.6 Å². The molecular formula is C22H21NO3. The molecule has 1 amide bonds. The van der Waals surface area contributed by atoms with Crippen molar-refractivity contribution >= 4 is 11.7 Å². The van der Waals surface area contributed by atoms with Gasteiger partial charge in [-0.1, -0.05) is 54.6 Å². The van der Waals surface area contributed by atoms with Gasteiger partial charge in [0.25, 0.3) is 0 Å². The van der Waals surface area contributed by atoms with Gasteiger partial charge in [-0.3, -0.25) is 9.59 Å². The first-order valence-corrected chi connectivity index (χ1v) is 8.65. The van der Waals surface area contributed by atoms with Crippen LogP contribution in [0.4, 0.5) is 0 Å². The van der Waals surface area contributed by atoms with Crippen molar-refractivity contribution in [3.05, 3.63) is 84.3 Å². The fraction of sp³-hybridized carbons (Fsp3) is 0.182. The molecule has 3 rings (SSSR count). The minimum atomic E-state index is -0.210. The minimum absolute atomic E-state index is 0.0367. The fourth-order valence-corrected chi connectivity index (χ4v) is 2.77. The van der Waals surface area contributed by atoms with E-state index < -0.39 is 0 Å². The largest absolute Gasteiger partial charge is 0.467 e. The van der Waals surface area contributed by atoms with E-state index in [0.717, 1.165) is 11.1 Å². The van der Waals surface area contributed by atoms with Crippen LogP contribution in [-0.4, -0.2) is 11.7 Å². The molecule has 0 spiro atoms. The molecule has 0 aliphatic carbocycles. The van der Waals surface area contributed by atoms with Crippen LogP contribution in [-0.2, 0) is 4.79 Å². The molecule has 0 aliphatic rings. The van der Waals surface area contributed by atoms with Crippen LogP contribution in [0.1, 0.15) is 41.9 Å². The van der Waals surface area contributed by atoms with Crippen molar-refractivity contribution < 1.29 is 14.0 Å². The summed E-state index contributed by atoms with van der Waals surface area (Å²) < 4.78 is 5.26. The summed E-state index contributed by atoms with van der Waals surface area (Å²) in [5, 5.41) is 2.83. The quantitative estimate of drug-likeness (QED) is 0.625. The van der Waals surface area contributed by atoms with Crippen LogP contribution in [0.25, 0.3) is 11.1 Å². The van der Waals surface area contributed by atoms with Gasteiger partial charge in [0.1, 0.15) is 5.76 Å². The topological polar surface area (TPSA) is 59.3 Å². The normalized spacial score (nSPS) is 11.7. The third-order valence-electron chi connectivity index (χ3n) is 4.24. The predicted molar refractivity (Wildman–Crippen MR) is 101 cm³/mol. The Balaban J connectivity index is 1.52. The molecule has 4 nitrogen and oxygen atoms in total. The van der Waals surface area contributed by atoms with E-state index in [2.05, 4.69) is 5.32 Å². The molecule has 0 unspecified atom stereocenters. The highest BCUT2D eigenvalue weighted by Crippen LogP contribution is 2.20. The molecule has 0 fully saturated rings. The van der Waals surface area contributed by atoms with Crippen LogP contribution in [0.3, 0.4) is 0 Å². The smallest absolute Gasteiger partial charge is 0.221 e. The average molecular weight is 347 g/mol. The van der Waals surface area contributed by atoms with Crippen LogP contribution in [0.2, 0.25) is 0 Å². The highest BCUT2D eigenvalue weighted by atomic mass is 16.3. The molecule has 1 atom stereocenters. The molecule has 1 aromatic heterocycles. The van der Waals surface area contributed by atoms with E-state index in [1.54, 1.807) is 12.3 Å². The van der Waals surface area contributed by atoms with E-state index in [1.807, 2.05) is 67.6 Å². The lowest BCUT2D eigenvalue weighted by atomic mass is 10.0. The molecule has 26 heavy (non-hydrogen) atoms. The standard InChI is InChI=1S/C22H21NO3/c1-16(21-8-5-15-26-21)23-22(25)14-13-20(24)19-11-9-18(10-12-19)17-6-3-2-4-7-17/h2-12,15-16H,13-14H2,1H3,(H,23,25)/t16-/m0/s1. The van der Waals surface area contributed by atoms with Gasteiger partial charge in [0.2, 0.25) is 5.91 Å². The van der Waals surface area contributed by atoms with Gasteiger partial charge in [-0.25, -0.2) is 0 Å². The lowest BCUT2D eigenvalue weighted by Gasteiger charge is -2.11. The average Bonchev–Trinajstić information content (AvgIpc) is 3.22. The molecular weight excluding hydrogens is 326 g/mol. The molecule has 0 aliphatic heterocycles. The third-order valence-corrected chi connectivity index (χ3v) is 4.24. The third kappa shape index (κ3) is 4.48. The summed E-state index contributed by atoms with van der Waals surface area (Å²) in [6.07, 6.45) is 1.91. The number of rotatable bonds is 7. The second kappa shape index (κ2) is 8.30. The second-order valence-electron chi connectivity index (χ2n) is 6.17. The summed E-state index contributed by atoms with van der Waals surface area (Å²) in [6, 6.07) is 20.9. The molecule has 1 heterocycles. The lowest BCUT2D eigenvalue weighted by Crippen LogP contribution is -2.26.